The molecule has 2 N–H and O–H groups in total. The minimum absolute atomic E-state index is 0. The molecule has 0 unspecified atom stereocenters. The number of aromatic nitrogens is 1. The van der Waals surface area contributed by atoms with Crippen LogP contribution in [-0.2, 0) is 16.1 Å². The predicted octanol–water partition coefficient (Wildman–Crippen LogP) is -0.278. The average molecular weight is 494 g/mol. The van der Waals surface area contributed by atoms with Gasteiger partial charge in [-0.3, -0.25) is 14.4 Å². The normalized spacial score (nSPS) is 10.2. The highest BCUT2D eigenvalue weighted by atomic mass is 79.9. The van der Waals surface area contributed by atoms with Gasteiger partial charge in [0.15, 0.2) is 17.5 Å². The van der Waals surface area contributed by atoms with Gasteiger partial charge in [0.1, 0.15) is 6.54 Å². The SMILES string of the molecule is CC(C)NC(=O)CNC(=O)c1ccccc1SC(=O)CCCC[n+]1ccccc1.[Br-]. The fraction of sp³-hybridized carbons (Fsp3) is 0.364. The molecule has 1 heterocycles. The Hall–Kier alpha value is -2.19. The van der Waals surface area contributed by atoms with E-state index in [2.05, 4.69) is 15.2 Å². The number of carbonyl (C=O) groups is 3. The van der Waals surface area contributed by atoms with E-state index in [9.17, 15) is 14.4 Å². The molecule has 1 aromatic carbocycles. The Balaban J connectivity index is 0.00000450. The molecule has 0 spiro atoms. The number of carbonyl (C=O) groups excluding carboxylic acids is 3. The van der Waals surface area contributed by atoms with Crippen molar-refractivity contribution < 1.29 is 35.9 Å². The number of halogens is 1. The van der Waals surface area contributed by atoms with Gasteiger partial charge in [-0.1, -0.05) is 30.0 Å². The first kappa shape index (κ1) is 25.8. The maximum Gasteiger partial charge on any atom is 0.252 e. The molecule has 0 saturated heterocycles. The number of rotatable bonds is 10. The van der Waals surface area contributed by atoms with Gasteiger partial charge < -0.3 is 27.6 Å². The van der Waals surface area contributed by atoms with E-state index in [4.69, 9.17) is 0 Å². The van der Waals surface area contributed by atoms with Crippen molar-refractivity contribution in [3.63, 3.8) is 0 Å². The Bertz CT molecular complexity index is 831. The molecule has 6 nitrogen and oxygen atoms in total. The number of hydrogen-bond donors (Lipinski definition) is 2. The van der Waals surface area contributed by atoms with Crippen molar-refractivity contribution in [2.24, 2.45) is 0 Å². The van der Waals surface area contributed by atoms with Crippen LogP contribution in [0, 0.1) is 0 Å². The first-order valence-corrected chi connectivity index (χ1v) is 10.6. The largest absolute Gasteiger partial charge is 1.00 e. The smallest absolute Gasteiger partial charge is 0.252 e. The maximum absolute atomic E-state index is 12.4. The highest BCUT2D eigenvalue weighted by Gasteiger charge is 2.15. The summed E-state index contributed by atoms with van der Waals surface area (Å²) in [5.41, 5.74) is 0.406. The van der Waals surface area contributed by atoms with E-state index >= 15 is 0 Å². The number of unbranched alkanes of at least 4 members (excludes halogenated alkanes) is 1. The van der Waals surface area contributed by atoms with E-state index < -0.39 is 0 Å². The fourth-order valence-corrected chi connectivity index (χ4v) is 3.60. The summed E-state index contributed by atoms with van der Waals surface area (Å²) in [6.45, 7) is 4.49. The van der Waals surface area contributed by atoms with Crippen LogP contribution in [-0.4, -0.2) is 29.5 Å². The molecule has 1 aromatic heterocycles. The Morgan fingerprint density at radius 2 is 1.70 bits per heavy atom. The van der Waals surface area contributed by atoms with Crippen LogP contribution in [0.1, 0.15) is 43.5 Å². The molecule has 0 bridgehead atoms. The van der Waals surface area contributed by atoms with Crippen molar-refractivity contribution >= 4 is 28.7 Å². The second-order valence-electron chi connectivity index (χ2n) is 6.95. The minimum atomic E-state index is -0.361. The minimum Gasteiger partial charge on any atom is -1.00 e. The number of hydrogen-bond acceptors (Lipinski definition) is 4. The van der Waals surface area contributed by atoms with Crippen molar-refractivity contribution in [3.05, 3.63) is 60.4 Å². The lowest BCUT2D eigenvalue weighted by molar-refractivity contribution is -0.697. The second kappa shape index (κ2) is 13.9. The Kier molecular flexibility index (Phi) is 12.0. The van der Waals surface area contributed by atoms with E-state index in [1.807, 2.05) is 44.4 Å². The molecule has 30 heavy (non-hydrogen) atoms. The average Bonchev–Trinajstić information content (AvgIpc) is 2.70. The van der Waals surface area contributed by atoms with Crippen LogP contribution in [0.4, 0.5) is 0 Å². The quantitative estimate of drug-likeness (QED) is 0.271. The molecule has 0 aliphatic heterocycles. The van der Waals surface area contributed by atoms with Crippen LogP contribution >= 0.6 is 11.8 Å². The lowest BCUT2D eigenvalue weighted by Gasteiger charge is -2.11. The molecule has 2 rings (SSSR count). The predicted molar refractivity (Wildman–Crippen MR) is 113 cm³/mol. The van der Waals surface area contributed by atoms with E-state index in [-0.39, 0.29) is 46.5 Å². The van der Waals surface area contributed by atoms with Crippen molar-refractivity contribution in [1.29, 1.82) is 0 Å². The summed E-state index contributed by atoms with van der Waals surface area (Å²) in [7, 11) is 0. The van der Waals surface area contributed by atoms with E-state index in [0.29, 0.717) is 16.9 Å². The summed E-state index contributed by atoms with van der Waals surface area (Å²) in [4.78, 5) is 37.1. The van der Waals surface area contributed by atoms with Gasteiger partial charge in [0.05, 0.1) is 12.1 Å². The van der Waals surface area contributed by atoms with Gasteiger partial charge >= 0.3 is 0 Å². The Labute approximate surface area is 192 Å². The molecule has 0 aliphatic carbocycles. The molecule has 2 amide bonds. The summed E-state index contributed by atoms with van der Waals surface area (Å²) in [6, 6.07) is 12.9. The molecule has 0 radical (unpaired) electrons. The summed E-state index contributed by atoms with van der Waals surface area (Å²) in [5.74, 6) is -0.605. The molecular formula is C22H28BrN3O3S. The van der Waals surface area contributed by atoms with Crippen molar-refractivity contribution in [1.82, 2.24) is 10.6 Å². The second-order valence-corrected chi connectivity index (χ2v) is 8.04. The first-order chi connectivity index (χ1) is 14.0. The van der Waals surface area contributed by atoms with Gasteiger partial charge in [-0.05, 0) is 32.4 Å². The van der Waals surface area contributed by atoms with Crippen LogP contribution in [0.15, 0.2) is 59.8 Å². The van der Waals surface area contributed by atoms with E-state index in [1.54, 1.807) is 24.3 Å². The summed E-state index contributed by atoms with van der Waals surface area (Å²) < 4.78 is 2.09. The zero-order chi connectivity index (χ0) is 21.1. The molecule has 0 atom stereocenters. The third kappa shape index (κ3) is 9.54. The number of nitrogens with zero attached hydrogens (tertiary/aromatic N) is 1. The topological polar surface area (TPSA) is 79.2 Å². The molecular weight excluding hydrogens is 466 g/mol. The monoisotopic (exact) mass is 493 g/mol. The molecule has 0 aliphatic rings. The number of nitrogens with one attached hydrogen (secondary N) is 2. The van der Waals surface area contributed by atoms with Crippen molar-refractivity contribution in [2.45, 2.75) is 50.6 Å². The van der Waals surface area contributed by atoms with Crippen LogP contribution < -0.4 is 32.2 Å². The summed E-state index contributed by atoms with van der Waals surface area (Å²) in [5, 5.41) is 5.36. The number of benzene rings is 1. The standard InChI is InChI=1S/C22H27N3O3S.BrH/c1-17(2)24-20(26)16-23-22(28)18-10-4-5-11-19(18)29-21(27)12-6-9-15-25-13-7-3-8-14-25;/h3-5,7-8,10-11,13-14,17H,6,9,12,15-16H2,1-2H3,(H-,23,24,26,28);1H. The molecule has 8 heteroatoms. The fourth-order valence-electron chi connectivity index (χ4n) is 2.69. The summed E-state index contributed by atoms with van der Waals surface area (Å²) >= 11 is 1.08. The zero-order valence-corrected chi connectivity index (χ0v) is 19.7. The first-order valence-electron chi connectivity index (χ1n) is 9.77. The van der Waals surface area contributed by atoms with E-state index in [1.165, 1.54) is 0 Å². The Morgan fingerprint density at radius 1 is 1.00 bits per heavy atom. The van der Waals surface area contributed by atoms with Crippen molar-refractivity contribution in [2.75, 3.05) is 6.54 Å². The molecule has 162 valence electrons. The number of amides is 2. The molecule has 0 fully saturated rings. The Morgan fingerprint density at radius 3 is 2.40 bits per heavy atom. The van der Waals surface area contributed by atoms with Gasteiger partial charge in [0.2, 0.25) is 5.91 Å². The van der Waals surface area contributed by atoms with Crippen LogP contribution in [0.5, 0.6) is 0 Å². The zero-order valence-electron chi connectivity index (χ0n) is 17.3. The van der Waals surface area contributed by atoms with Gasteiger partial charge in [-0.25, -0.2) is 4.57 Å². The molecule has 2 aromatic rings. The van der Waals surface area contributed by atoms with Gasteiger partial charge in [0, 0.05) is 35.9 Å². The van der Waals surface area contributed by atoms with Gasteiger partial charge in [-0.15, -0.1) is 0 Å². The number of pyridine rings is 1. The van der Waals surface area contributed by atoms with Crippen molar-refractivity contribution in [3.8, 4) is 0 Å². The highest BCUT2D eigenvalue weighted by Crippen LogP contribution is 2.25. The molecule has 0 saturated carbocycles. The lowest BCUT2D eigenvalue weighted by atomic mass is 10.2. The summed E-state index contributed by atoms with van der Waals surface area (Å²) in [6.07, 6.45) is 6.16. The third-order valence-corrected chi connectivity index (χ3v) is 5.05. The maximum atomic E-state index is 12.4. The number of aryl methyl sites for hydroxylation is 1. The van der Waals surface area contributed by atoms with Crippen LogP contribution in [0.25, 0.3) is 0 Å². The number of thioether (sulfide) groups is 1. The van der Waals surface area contributed by atoms with Crippen LogP contribution in [0.3, 0.4) is 0 Å². The van der Waals surface area contributed by atoms with Crippen LogP contribution in [0.2, 0.25) is 0 Å². The highest BCUT2D eigenvalue weighted by molar-refractivity contribution is 8.13. The van der Waals surface area contributed by atoms with Gasteiger partial charge in [-0.2, -0.15) is 0 Å². The van der Waals surface area contributed by atoms with E-state index in [0.717, 1.165) is 31.1 Å². The lowest BCUT2D eigenvalue weighted by Crippen LogP contribution is -3.00. The third-order valence-electron chi connectivity index (χ3n) is 4.04. The van der Waals surface area contributed by atoms with Gasteiger partial charge in [0.25, 0.3) is 5.91 Å².